The van der Waals surface area contributed by atoms with E-state index in [-0.39, 0.29) is 5.92 Å². The number of rotatable bonds is 3. The average molecular weight is 371 g/mol. The van der Waals surface area contributed by atoms with Crippen molar-refractivity contribution in [1.82, 2.24) is 19.1 Å². The molecule has 27 heavy (non-hydrogen) atoms. The van der Waals surface area contributed by atoms with Gasteiger partial charge in [-0.25, -0.2) is 4.79 Å². The molecule has 1 aromatic carbocycles. The minimum Gasteiger partial charge on any atom is -0.497 e. The van der Waals surface area contributed by atoms with E-state index in [1.165, 1.54) is 4.57 Å². The first-order chi connectivity index (χ1) is 12.9. The standard InChI is InChI=1S/C18H21N5O4/c1-10-8-22(12-6-5-11(26-3)7-13(12)27-4)17-19-15-14(23(17)9-10)16(24)20-18(25)21(15)2/h5-7,10H,8-9H2,1-4H3,(H,20,24,25)/t10-/m1/s1. The zero-order chi connectivity index (χ0) is 19.3. The summed E-state index contributed by atoms with van der Waals surface area (Å²) in [6.45, 7) is 3.45. The van der Waals surface area contributed by atoms with Crippen molar-refractivity contribution in [3.63, 3.8) is 0 Å². The highest BCUT2D eigenvalue weighted by atomic mass is 16.5. The number of nitrogens with one attached hydrogen (secondary N) is 1. The lowest BCUT2D eigenvalue weighted by Gasteiger charge is -2.33. The van der Waals surface area contributed by atoms with Crippen molar-refractivity contribution in [1.29, 1.82) is 0 Å². The Morgan fingerprint density at radius 3 is 2.67 bits per heavy atom. The van der Waals surface area contributed by atoms with Gasteiger partial charge in [-0.05, 0) is 18.1 Å². The van der Waals surface area contributed by atoms with Crippen molar-refractivity contribution in [2.24, 2.45) is 13.0 Å². The Bertz CT molecular complexity index is 1140. The van der Waals surface area contributed by atoms with Crippen molar-refractivity contribution in [3.8, 4) is 11.5 Å². The van der Waals surface area contributed by atoms with E-state index in [2.05, 4.69) is 16.9 Å². The maximum absolute atomic E-state index is 12.5. The molecular weight excluding hydrogens is 350 g/mol. The highest BCUT2D eigenvalue weighted by molar-refractivity contribution is 5.78. The van der Waals surface area contributed by atoms with E-state index in [0.717, 1.165) is 5.69 Å². The van der Waals surface area contributed by atoms with E-state index in [1.54, 1.807) is 21.3 Å². The summed E-state index contributed by atoms with van der Waals surface area (Å²) >= 11 is 0. The van der Waals surface area contributed by atoms with Gasteiger partial charge < -0.3 is 18.9 Å². The number of imidazole rings is 1. The minimum absolute atomic E-state index is 0.262. The molecule has 4 rings (SSSR count). The average Bonchev–Trinajstić information content (AvgIpc) is 3.05. The zero-order valence-electron chi connectivity index (χ0n) is 15.6. The van der Waals surface area contributed by atoms with Crippen LogP contribution in [-0.4, -0.2) is 39.9 Å². The lowest BCUT2D eigenvalue weighted by molar-refractivity contribution is 0.392. The van der Waals surface area contributed by atoms with Crippen LogP contribution in [0.15, 0.2) is 27.8 Å². The van der Waals surface area contributed by atoms with E-state index < -0.39 is 11.2 Å². The van der Waals surface area contributed by atoms with Crippen molar-refractivity contribution >= 4 is 22.8 Å². The topological polar surface area (TPSA) is 94.4 Å². The molecule has 0 saturated carbocycles. The van der Waals surface area contributed by atoms with Crippen LogP contribution in [-0.2, 0) is 13.6 Å². The van der Waals surface area contributed by atoms with Crippen LogP contribution in [0.3, 0.4) is 0 Å². The van der Waals surface area contributed by atoms with Gasteiger partial charge in [0.1, 0.15) is 11.5 Å². The molecule has 1 N–H and O–H groups in total. The van der Waals surface area contributed by atoms with Crippen LogP contribution in [0.1, 0.15) is 6.92 Å². The van der Waals surface area contributed by atoms with E-state index >= 15 is 0 Å². The molecule has 9 heteroatoms. The van der Waals surface area contributed by atoms with E-state index in [0.29, 0.717) is 41.7 Å². The summed E-state index contributed by atoms with van der Waals surface area (Å²) in [5, 5.41) is 0. The molecule has 0 unspecified atom stereocenters. The maximum atomic E-state index is 12.5. The molecule has 0 saturated heterocycles. The van der Waals surface area contributed by atoms with Gasteiger partial charge in [-0.1, -0.05) is 6.92 Å². The SMILES string of the molecule is COc1ccc(N2C[C@@H](C)Cn3c2nc2c3c(=O)[nH]c(=O)n2C)c(OC)c1. The van der Waals surface area contributed by atoms with Gasteiger partial charge in [0.05, 0.1) is 19.9 Å². The second-order valence-corrected chi connectivity index (χ2v) is 6.77. The van der Waals surface area contributed by atoms with Crippen molar-refractivity contribution < 1.29 is 9.47 Å². The van der Waals surface area contributed by atoms with Crippen LogP contribution in [0.4, 0.5) is 11.6 Å². The summed E-state index contributed by atoms with van der Waals surface area (Å²) < 4.78 is 14.1. The van der Waals surface area contributed by atoms with Crippen LogP contribution >= 0.6 is 0 Å². The number of hydrogen-bond donors (Lipinski definition) is 1. The number of ether oxygens (including phenoxy) is 2. The third-order valence-corrected chi connectivity index (χ3v) is 4.89. The number of benzene rings is 1. The molecule has 3 heterocycles. The van der Waals surface area contributed by atoms with Gasteiger partial charge >= 0.3 is 5.69 Å². The van der Waals surface area contributed by atoms with Crippen LogP contribution in [0.5, 0.6) is 11.5 Å². The molecule has 0 spiro atoms. The fourth-order valence-electron chi connectivity index (χ4n) is 3.58. The number of methoxy groups -OCH3 is 2. The van der Waals surface area contributed by atoms with Gasteiger partial charge in [0.15, 0.2) is 11.2 Å². The van der Waals surface area contributed by atoms with Crippen LogP contribution in [0.2, 0.25) is 0 Å². The minimum atomic E-state index is -0.482. The molecule has 0 bridgehead atoms. The number of aromatic amines is 1. The quantitative estimate of drug-likeness (QED) is 0.744. The Balaban J connectivity index is 1.98. The van der Waals surface area contributed by atoms with Crippen LogP contribution in [0, 0.1) is 5.92 Å². The monoisotopic (exact) mass is 371 g/mol. The summed E-state index contributed by atoms with van der Waals surface area (Å²) in [7, 11) is 4.80. The summed E-state index contributed by atoms with van der Waals surface area (Å²) in [5.41, 5.74) is 0.677. The third kappa shape index (κ3) is 2.57. The molecule has 0 radical (unpaired) electrons. The molecule has 3 aromatic rings. The molecule has 0 fully saturated rings. The first-order valence-corrected chi connectivity index (χ1v) is 8.63. The van der Waals surface area contributed by atoms with Gasteiger partial charge in [-0.3, -0.25) is 14.3 Å². The Labute approximate surface area is 154 Å². The van der Waals surface area contributed by atoms with E-state index in [9.17, 15) is 9.59 Å². The number of nitrogens with zero attached hydrogens (tertiary/aromatic N) is 4. The van der Waals surface area contributed by atoms with E-state index in [1.807, 2.05) is 27.7 Å². The summed E-state index contributed by atoms with van der Waals surface area (Å²) in [5.74, 6) is 2.20. The largest absolute Gasteiger partial charge is 0.497 e. The Kier molecular flexibility index (Phi) is 3.94. The fraction of sp³-hybridized carbons (Fsp3) is 0.389. The zero-order valence-corrected chi connectivity index (χ0v) is 15.6. The maximum Gasteiger partial charge on any atom is 0.329 e. The summed E-state index contributed by atoms with van der Waals surface area (Å²) in [6.07, 6.45) is 0. The number of fused-ring (bicyclic) bond motifs is 3. The normalized spacial score (nSPS) is 16.4. The van der Waals surface area contributed by atoms with Crippen LogP contribution in [0.25, 0.3) is 11.2 Å². The lowest BCUT2D eigenvalue weighted by Crippen LogP contribution is -2.35. The second-order valence-electron chi connectivity index (χ2n) is 6.77. The highest BCUT2D eigenvalue weighted by Gasteiger charge is 2.30. The first kappa shape index (κ1) is 17.2. The molecular formula is C18H21N5O4. The molecule has 1 aliphatic rings. The molecule has 142 valence electrons. The predicted octanol–water partition coefficient (Wildman–Crippen LogP) is 1.23. The fourth-order valence-corrected chi connectivity index (χ4v) is 3.58. The first-order valence-electron chi connectivity index (χ1n) is 8.63. The number of hydrogen-bond acceptors (Lipinski definition) is 6. The molecule has 9 nitrogen and oxygen atoms in total. The molecule has 1 aliphatic heterocycles. The lowest BCUT2D eigenvalue weighted by atomic mass is 10.1. The summed E-state index contributed by atoms with van der Waals surface area (Å²) in [4.78, 5) is 33.4. The third-order valence-electron chi connectivity index (χ3n) is 4.89. The molecule has 1 atom stereocenters. The number of aromatic nitrogens is 4. The number of anilines is 2. The van der Waals surface area contributed by atoms with Gasteiger partial charge in [-0.2, -0.15) is 4.98 Å². The second kappa shape index (κ2) is 6.19. The van der Waals surface area contributed by atoms with Crippen molar-refractivity contribution in [2.75, 3.05) is 25.7 Å². The van der Waals surface area contributed by atoms with Crippen molar-refractivity contribution in [2.45, 2.75) is 13.5 Å². The van der Waals surface area contributed by atoms with Crippen molar-refractivity contribution in [3.05, 3.63) is 39.0 Å². The van der Waals surface area contributed by atoms with Gasteiger partial charge in [-0.15, -0.1) is 0 Å². The van der Waals surface area contributed by atoms with Gasteiger partial charge in [0, 0.05) is 26.2 Å². The number of aryl methyl sites for hydroxylation is 1. The Hall–Kier alpha value is -3.23. The highest BCUT2D eigenvalue weighted by Crippen LogP contribution is 2.39. The van der Waals surface area contributed by atoms with E-state index in [4.69, 9.17) is 9.47 Å². The van der Waals surface area contributed by atoms with Crippen LogP contribution < -0.4 is 25.6 Å². The predicted molar refractivity (Wildman–Crippen MR) is 101 cm³/mol. The molecule has 0 aliphatic carbocycles. The van der Waals surface area contributed by atoms with Gasteiger partial charge in [0.2, 0.25) is 5.95 Å². The molecule has 0 amide bonds. The number of H-pyrrole nitrogens is 1. The Morgan fingerprint density at radius 2 is 1.96 bits per heavy atom. The Morgan fingerprint density at radius 1 is 1.19 bits per heavy atom. The van der Waals surface area contributed by atoms with Gasteiger partial charge in [0.25, 0.3) is 5.56 Å². The molecule has 2 aromatic heterocycles. The summed E-state index contributed by atoms with van der Waals surface area (Å²) in [6, 6.07) is 5.57. The smallest absolute Gasteiger partial charge is 0.329 e.